The fourth-order valence-corrected chi connectivity index (χ4v) is 2.32. The second-order valence-corrected chi connectivity index (χ2v) is 4.47. The molecule has 0 aromatic heterocycles. The third-order valence-electron chi connectivity index (χ3n) is 3.26. The lowest BCUT2D eigenvalue weighted by molar-refractivity contribution is -0.145. The van der Waals surface area contributed by atoms with Crippen LogP contribution in [0.15, 0.2) is 0 Å². The van der Waals surface area contributed by atoms with Crippen LogP contribution in [0.5, 0.6) is 0 Å². The maximum absolute atomic E-state index is 11.4. The number of rotatable bonds is 5. The van der Waals surface area contributed by atoms with Gasteiger partial charge in [-0.05, 0) is 39.5 Å². The minimum absolute atomic E-state index is 0.137. The normalized spacial score (nSPS) is 21.3. The topological polar surface area (TPSA) is 38.3 Å². The van der Waals surface area contributed by atoms with E-state index in [0.29, 0.717) is 12.6 Å². The Bertz CT molecular complexity index is 200. The van der Waals surface area contributed by atoms with Crippen LogP contribution in [-0.2, 0) is 9.53 Å². The third-order valence-corrected chi connectivity index (χ3v) is 3.26. The van der Waals surface area contributed by atoms with E-state index in [1.165, 1.54) is 25.7 Å². The second kappa shape index (κ2) is 6.11. The van der Waals surface area contributed by atoms with Gasteiger partial charge in [0.25, 0.3) is 0 Å². The van der Waals surface area contributed by atoms with Crippen LogP contribution in [0.2, 0.25) is 0 Å². The molecule has 15 heavy (non-hydrogen) atoms. The smallest absolute Gasteiger partial charge is 0.322 e. The molecule has 0 radical (unpaired) electrons. The SMILES string of the molecule is CCOC(=O)C(C)NC(C)C1CCCC1. The Hall–Kier alpha value is -0.570. The zero-order valence-electron chi connectivity index (χ0n) is 10.1. The van der Waals surface area contributed by atoms with Crippen LogP contribution in [0.3, 0.4) is 0 Å². The minimum Gasteiger partial charge on any atom is -0.465 e. The summed E-state index contributed by atoms with van der Waals surface area (Å²) in [6.07, 6.45) is 5.27. The highest BCUT2D eigenvalue weighted by Gasteiger charge is 2.24. The molecule has 3 heteroatoms. The van der Waals surface area contributed by atoms with Crippen molar-refractivity contribution in [1.29, 1.82) is 0 Å². The molecule has 0 aromatic carbocycles. The van der Waals surface area contributed by atoms with Crippen molar-refractivity contribution in [1.82, 2.24) is 5.32 Å². The highest BCUT2D eigenvalue weighted by atomic mass is 16.5. The van der Waals surface area contributed by atoms with Gasteiger partial charge in [0, 0.05) is 6.04 Å². The zero-order chi connectivity index (χ0) is 11.3. The molecule has 0 aromatic rings. The molecule has 1 rings (SSSR count). The van der Waals surface area contributed by atoms with E-state index in [4.69, 9.17) is 4.74 Å². The number of carbonyl (C=O) groups is 1. The number of ether oxygens (including phenoxy) is 1. The molecule has 1 fully saturated rings. The lowest BCUT2D eigenvalue weighted by Gasteiger charge is -2.23. The molecule has 1 saturated carbocycles. The van der Waals surface area contributed by atoms with E-state index in [1.54, 1.807) is 0 Å². The Kier molecular flexibility index (Phi) is 5.09. The summed E-state index contributed by atoms with van der Waals surface area (Å²) in [5, 5.41) is 3.33. The van der Waals surface area contributed by atoms with Crippen molar-refractivity contribution in [3.05, 3.63) is 0 Å². The van der Waals surface area contributed by atoms with Gasteiger partial charge >= 0.3 is 5.97 Å². The van der Waals surface area contributed by atoms with Crippen molar-refractivity contribution >= 4 is 5.97 Å². The van der Waals surface area contributed by atoms with Gasteiger partial charge in [0.2, 0.25) is 0 Å². The van der Waals surface area contributed by atoms with E-state index < -0.39 is 0 Å². The first-order valence-corrected chi connectivity index (χ1v) is 6.07. The fourth-order valence-electron chi connectivity index (χ4n) is 2.32. The zero-order valence-corrected chi connectivity index (χ0v) is 10.1. The number of hydrogen-bond acceptors (Lipinski definition) is 3. The molecule has 0 spiro atoms. The molecular weight excluding hydrogens is 190 g/mol. The van der Waals surface area contributed by atoms with E-state index in [0.717, 1.165) is 5.92 Å². The van der Waals surface area contributed by atoms with E-state index in [1.807, 2.05) is 13.8 Å². The minimum atomic E-state index is -0.180. The van der Waals surface area contributed by atoms with Crippen molar-refractivity contribution < 1.29 is 9.53 Å². The molecule has 1 N–H and O–H groups in total. The monoisotopic (exact) mass is 213 g/mol. The maximum atomic E-state index is 11.4. The van der Waals surface area contributed by atoms with Crippen molar-refractivity contribution in [2.75, 3.05) is 6.61 Å². The van der Waals surface area contributed by atoms with Gasteiger partial charge in [0.05, 0.1) is 6.61 Å². The summed E-state index contributed by atoms with van der Waals surface area (Å²) in [6, 6.07) is 0.243. The molecular formula is C12H23NO2. The van der Waals surface area contributed by atoms with E-state index in [2.05, 4.69) is 12.2 Å². The lowest BCUT2D eigenvalue weighted by Crippen LogP contribution is -2.43. The molecule has 88 valence electrons. The Morgan fingerprint density at radius 1 is 1.40 bits per heavy atom. The first-order chi connectivity index (χ1) is 7.15. The molecule has 0 amide bonds. The first-order valence-electron chi connectivity index (χ1n) is 6.07. The largest absolute Gasteiger partial charge is 0.465 e. The summed E-state index contributed by atoms with van der Waals surface area (Å²) in [4.78, 5) is 11.4. The summed E-state index contributed by atoms with van der Waals surface area (Å²) in [5.41, 5.74) is 0. The van der Waals surface area contributed by atoms with Crippen molar-refractivity contribution in [2.24, 2.45) is 5.92 Å². The summed E-state index contributed by atoms with van der Waals surface area (Å²) in [5.74, 6) is 0.601. The number of esters is 1. The molecule has 0 bridgehead atoms. The van der Waals surface area contributed by atoms with Crippen molar-refractivity contribution in [3.8, 4) is 0 Å². The average Bonchev–Trinajstić information content (AvgIpc) is 2.70. The number of nitrogens with one attached hydrogen (secondary N) is 1. The van der Waals surface area contributed by atoms with E-state index in [-0.39, 0.29) is 12.0 Å². The van der Waals surface area contributed by atoms with Gasteiger partial charge in [-0.15, -0.1) is 0 Å². The standard InChI is InChI=1S/C12H23NO2/c1-4-15-12(14)10(3)13-9(2)11-7-5-6-8-11/h9-11,13H,4-8H2,1-3H3. The average molecular weight is 213 g/mol. The molecule has 0 aliphatic heterocycles. The summed E-state index contributed by atoms with van der Waals surface area (Å²) < 4.78 is 4.97. The second-order valence-electron chi connectivity index (χ2n) is 4.47. The Labute approximate surface area is 92.6 Å². The van der Waals surface area contributed by atoms with E-state index >= 15 is 0 Å². The molecule has 2 atom stereocenters. The van der Waals surface area contributed by atoms with Crippen LogP contribution in [0.4, 0.5) is 0 Å². The highest BCUT2D eigenvalue weighted by molar-refractivity contribution is 5.75. The van der Waals surface area contributed by atoms with Crippen LogP contribution in [0, 0.1) is 5.92 Å². The fraction of sp³-hybridized carbons (Fsp3) is 0.917. The number of carbonyl (C=O) groups excluding carboxylic acids is 1. The van der Waals surface area contributed by atoms with Crippen LogP contribution < -0.4 is 5.32 Å². The maximum Gasteiger partial charge on any atom is 0.322 e. The molecule has 0 saturated heterocycles. The quantitative estimate of drug-likeness (QED) is 0.711. The van der Waals surface area contributed by atoms with Gasteiger partial charge in [0.15, 0.2) is 0 Å². The van der Waals surface area contributed by atoms with Crippen LogP contribution in [0.1, 0.15) is 46.5 Å². The predicted molar refractivity (Wildman–Crippen MR) is 60.7 cm³/mol. The number of hydrogen-bond donors (Lipinski definition) is 1. The van der Waals surface area contributed by atoms with E-state index in [9.17, 15) is 4.79 Å². The van der Waals surface area contributed by atoms with Gasteiger partial charge in [-0.25, -0.2) is 0 Å². The summed E-state index contributed by atoms with van der Waals surface area (Å²) in [7, 11) is 0. The predicted octanol–water partition coefficient (Wildman–Crippen LogP) is 2.11. The van der Waals surface area contributed by atoms with Crippen LogP contribution in [0.25, 0.3) is 0 Å². The molecule has 2 unspecified atom stereocenters. The third kappa shape index (κ3) is 3.82. The van der Waals surface area contributed by atoms with Crippen molar-refractivity contribution in [3.63, 3.8) is 0 Å². The van der Waals surface area contributed by atoms with Gasteiger partial charge in [-0.2, -0.15) is 0 Å². The Morgan fingerprint density at radius 3 is 2.53 bits per heavy atom. The summed E-state index contributed by atoms with van der Waals surface area (Å²) in [6.45, 7) is 6.35. The van der Waals surface area contributed by atoms with Gasteiger partial charge in [-0.1, -0.05) is 12.8 Å². The molecule has 0 heterocycles. The first kappa shape index (κ1) is 12.5. The molecule has 1 aliphatic rings. The Morgan fingerprint density at radius 2 is 2.00 bits per heavy atom. The van der Waals surface area contributed by atoms with Gasteiger partial charge in [-0.3, -0.25) is 4.79 Å². The highest BCUT2D eigenvalue weighted by Crippen LogP contribution is 2.27. The van der Waals surface area contributed by atoms with Crippen LogP contribution >= 0.6 is 0 Å². The Balaban J connectivity index is 2.29. The molecule has 1 aliphatic carbocycles. The molecule has 3 nitrogen and oxygen atoms in total. The van der Waals surface area contributed by atoms with Crippen LogP contribution in [-0.4, -0.2) is 24.7 Å². The van der Waals surface area contributed by atoms with Gasteiger partial charge in [0.1, 0.15) is 6.04 Å². The van der Waals surface area contributed by atoms with Gasteiger partial charge < -0.3 is 10.1 Å². The van der Waals surface area contributed by atoms with Crippen molar-refractivity contribution in [2.45, 2.75) is 58.5 Å². The lowest BCUT2D eigenvalue weighted by atomic mass is 9.99. The summed E-state index contributed by atoms with van der Waals surface area (Å²) >= 11 is 0.